The largest absolute Gasteiger partial charge is 0.473 e. The first-order valence-electron chi connectivity index (χ1n) is 6.76. The summed E-state index contributed by atoms with van der Waals surface area (Å²) in [6.45, 7) is 4.44. The molecule has 0 bridgehead atoms. The van der Waals surface area contributed by atoms with Crippen LogP contribution in [0.5, 0.6) is 5.88 Å². The molecule has 1 unspecified atom stereocenters. The predicted octanol–water partition coefficient (Wildman–Crippen LogP) is 3.35. The molecule has 1 aromatic carbocycles. The average Bonchev–Trinajstić information content (AvgIpc) is 2.48. The lowest BCUT2D eigenvalue weighted by molar-refractivity contribution is -0.110. The first kappa shape index (κ1) is 14.3. The molecule has 104 valence electrons. The smallest absolute Gasteiger partial charge is 0.213 e. The number of aldehydes is 1. The van der Waals surface area contributed by atoms with Crippen molar-refractivity contribution in [2.45, 2.75) is 26.9 Å². The Kier molecular flexibility index (Phi) is 4.88. The molecular weight excluding hydrogens is 250 g/mol. The predicted molar refractivity (Wildman–Crippen MR) is 78.7 cm³/mol. The van der Waals surface area contributed by atoms with Crippen molar-refractivity contribution in [3.8, 4) is 5.88 Å². The fraction of sp³-hybridized carbons (Fsp3) is 0.294. The molecule has 0 amide bonds. The van der Waals surface area contributed by atoms with Gasteiger partial charge in [-0.25, -0.2) is 4.98 Å². The van der Waals surface area contributed by atoms with E-state index in [0.29, 0.717) is 12.5 Å². The normalized spacial score (nSPS) is 11.9. The highest BCUT2D eigenvalue weighted by Gasteiger charge is 2.07. The van der Waals surface area contributed by atoms with Crippen molar-refractivity contribution in [1.29, 1.82) is 0 Å². The van der Waals surface area contributed by atoms with Crippen LogP contribution in [0.25, 0.3) is 0 Å². The first-order valence-corrected chi connectivity index (χ1v) is 6.76. The van der Waals surface area contributed by atoms with Crippen molar-refractivity contribution in [2.24, 2.45) is 5.92 Å². The molecule has 0 saturated heterocycles. The quantitative estimate of drug-likeness (QED) is 0.755. The lowest BCUT2D eigenvalue weighted by Gasteiger charge is -2.10. The number of carbonyl (C=O) groups is 1. The molecule has 0 aliphatic carbocycles. The average molecular weight is 269 g/mol. The van der Waals surface area contributed by atoms with Crippen LogP contribution in [0.1, 0.15) is 23.6 Å². The zero-order chi connectivity index (χ0) is 14.4. The van der Waals surface area contributed by atoms with E-state index in [4.69, 9.17) is 4.74 Å². The van der Waals surface area contributed by atoms with Crippen molar-refractivity contribution in [3.63, 3.8) is 0 Å². The van der Waals surface area contributed by atoms with Crippen LogP contribution in [-0.2, 0) is 17.8 Å². The molecule has 1 heterocycles. The molecule has 2 aromatic rings. The number of ether oxygens (including phenoxy) is 1. The molecule has 0 aliphatic rings. The lowest BCUT2D eigenvalue weighted by Crippen LogP contribution is -2.04. The van der Waals surface area contributed by atoms with Gasteiger partial charge in [-0.15, -0.1) is 0 Å². The summed E-state index contributed by atoms with van der Waals surface area (Å²) in [5.41, 5.74) is 3.32. The SMILES string of the molecule is Cc1cc(OCc2ccccc2)ncc1CC(C)C=O. The van der Waals surface area contributed by atoms with E-state index in [1.165, 1.54) is 0 Å². The highest BCUT2D eigenvalue weighted by Crippen LogP contribution is 2.17. The number of nitrogens with zero attached hydrogens (tertiary/aromatic N) is 1. The van der Waals surface area contributed by atoms with Gasteiger partial charge in [0.05, 0.1) is 0 Å². The number of aryl methyl sites for hydroxylation is 1. The van der Waals surface area contributed by atoms with Crippen LogP contribution in [0.4, 0.5) is 0 Å². The summed E-state index contributed by atoms with van der Waals surface area (Å²) in [6.07, 6.45) is 3.50. The molecule has 0 spiro atoms. The van der Waals surface area contributed by atoms with E-state index in [9.17, 15) is 4.79 Å². The number of hydrogen-bond donors (Lipinski definition) is 0. The Morgan fingerprint density at radius 2 is 2.05 bits per heavy atom. The second-order valence-corrected chi connectivity index (χ2v) is 5.04. The maximum atomic E-state index is 10.7. The van der Waals surface area contributed by atoms with Gasteiger partial charge >= 0.3 is 0 Å². The standard InChI is InChI=1S/C17H19NO2/c1-13(11-19)8-16-10-18-17(9-14(16)2)20-12-15-6-4-3-5-7-15/h3-7,9-11,13H,8,12H2,1-2H3. The van der Waals surface area contributed by atoms with Gasteiger partial charge < -0.3 is 9.53 Å². The minimum atomic E-state index is 0.0200. The van der Waals surface area contributed by atoms with Crippen molar-refractivity contribution >= 4 is 6.29 Å². The zero-order valence-corrected chi connectivity index (χ0v) is 11.9. The molecule has 3 heteroatoms. The Morgan fingerprint density at radius 1 is 1.30 bits per heavy atom. The molecule has 1 aromatic heterocycles. The van der Waals surface area contributed by atoms with Gasteiger partial charge in [0.1, 0.15) is 12.9 Å². The second kappa shape index (κ2) is 6.85. The topological polar surface area (TPSA) is 39.2 Å². The van der Waals surface area contributed by atoms with E-state index in [1.807, 2.05) is 50.2 Å². The third-order valence-corrected chi connectivity index (χ3v) is 3.20. The Balaban J connectivity index is 2.00. The molecule has 0 aliphatic heterocycles. The number of aromatic nitrogens is 1. The fourth-order valence-electron chi connectivity index (χ4n) is 1.98. The maximum Gasteiger partial charge on any atom is 0.213 e. The van der Waals surface area contributed by atoms with Gasteiger partial charge in [0.15, 0.2) is 0 Å². The highest BCUT2D eigenvalue weighted by atomic mass is 16.5. The summed E-state index contributed by atoms with van der Waals surface area (Å²) in [4.78, 5) is 15.0. The minimum absolute atomic E-state index is 0.0200. The molecule has 1 atom stereocenters. The van der Waals surface area contributed by atoms with Crippen molar-refractivity contribution in [2.75, 3.05) is 0 Å². The zero-order valence-electron chi connectivity index (χ0n) is 11.9. The van der Waals surface area contributed by atoms with Crippen LogP contribution in [-0.4, -0.2) is 11.3 Å². The van der Waals surface area contributed by atoms with Gasteiger partial charge in [-0.2, -0.15) is 0 Å². The number of benzene rings is 1. The van der Waals surface area contributed by atoms with Crippen LogP contribution in [0.3, 0.4) is 0 Å². The van der Waals surface area contributed by atoms with E-state index in [2.05, 4.69) is 4.98 Å². The molecule has 0 saturated carbocycles. The van der Waals surface area contributed by atoms with Crippen LogP contribution < -0.4 is 4.74 Å². The highest BCUT2D eigenvalue weighted by molar-refractivity contribution is 5.53. The van der Waals surface area contributed by atoms with E-state index in [-0.39, 0.29) is 5.92 Å². The second-order valence-electron chi connectivity index (χ2n) is 5.04. The van der Waals surface area contributed by atoms with Crippen LogP contribution >= 0.6 is 0 Å². The summed E-state index contributed by atoms with van der Waals surface area (Å²) in [6, 6.07) is 11.9. The summed E-state index contributed by atoms with van der Waals surface area (Å²) >= 11 is 0. The number of hydrogen-bond acceptors (Lipinski definition) is 3. The van der Waals surface area contributed by atoms with Gasteiger partial charge in [0.25, 0.3) is 0 Å². The monoisotopic (exact) mass is 269 g/mol. The third kappa shape index (κ3) is 3.92. The van der Waals surface area contributed by atoms with E-state index in [1.54, 1.807) is 6.20 Å². The molecule has 2 rings (SSSR count). The summed E-state index contributed by atoms with van der Waals surface area (Å²) < 4.78 is 5.68. The summed E-state index contributed by atoms with van der Waals surface area (Å²) in [5, 5.41) is 0. The maximum absolute atomic E-state index is 10.7. The molecule has 0 N–H and O–H groups in total. The van der Waals surface area contributed by atoms with Gasteiger partial charge in [0, 0.05) is 18.2 Å². The van der Waals surface area contributed by atoms with Gasteiger partial charge in [-0.3, -0.25) is 0 Å². The van der Waals surface area contributed by atoms with Gasteiger partial charge in [-0.1, -0.05) is 37.3 Å². The van der Waals surface area contributed by atoms with Gasteiger partial charge in [-0.05, 0) is 30.0 Å². The van der Waals surface area contributed by atoms with Gasteiger partial charge in [0.2, 0.25) is 5.88 Å². The van der Waals surface area contributed by atoms with Crippen molar-refractivity contribution in [1.82, 2.24) is 4.98 Å². The van der Waals surface area contributed by atoms with E-state index in [0.717, 1.165) is 29.4 Å². The minimum Gasteiger partial charge on any atom is -0.473 e. The molecular formula is C17H19NO2. The molecule has 3 nitrogen and oxygen atoms in total. The molecule has 0 radical (unpaired) electrons. The number of pyridine rings is 1. The lowest BCUT2D eigenvalue weighted by atomic mass is 10.0. The van der Waals surface area contributed by atoms with Crippen molar-refractivity contribution in [3.05, 3.63) is 59.3 Å². The van der Waals surface area contributed by atoms with Crippen LogP contribution in [0.2, 0.25) is 0 Å². The Morgan fingerprint density at radius 3 is 2.70 bits per heavy atom. The van der Waals surface area contributed by atoms with E-state index >= 15 is 0 Å². The van der Waals surface area contributed by atoms with Crippen LogP contribution in [0.15, 0.2) is 42.6 Å². The summed E-state index contributed by atoms with van der Waals surface area (Å²) in [7, 11) is 0. The van der Waals surface area contributed by atoms with E-state index < -0.39 is 0 Å². The Labute approximate surface area is 119 Å². The molecule has 20 heavy (non-hydrogen) atoms. The van der Waals surface area contributed by atoms with Crippen LogP contribution in [0, 0.1) is 12.8 Å². The fourth-order valence-corrected chi connectivity index (χ4v) is 1.98. The molecule has 0 fully saturated rings. The third-order valence-electron chi connectivity index (χ3n) is 3.20. The number of carbonyl (C=O) groups excluding carboxylic acids is 1. The first-order chi connectivity index (χ1) is 9.69. The Hall–Kier alpha value is -2.16. The number of rotatable bonds is 6. The Bertz CT molecular complexity index is 566. The summed E-state index contributed by atoms with van der Waals surface area (Å²) in [5.74, 6) is 0.639. The van der Waals surface area contributed by atoms with Crippen molar-refractivity contribution < 1.29 is 9.53 Å².